The Morgan fingerprint density at radius 2 is 2.00 bits per heavy atom. The summed E-state index contributed by atoms with van der Waals surface area (Å²) in [6.07, 6.45) is 0. The molecule has 0 aliphatic carbocycles. The van der Waals surface area contributed by atoms with Crippen LogP contribution in [0.15, 0.2) is 10.3 Å². The van der Waals surface area contributed by atoms with Crippen molar-refractivity contribution in [1.82, 2.24) is 9.21 Å². The molecule has 0 amide bonds. The number of rotatable bonds is 5. The molecule has 8 nitrogen and oxygen atoms in total. The molecule has 0 aromatic carbocycles. The molecule has 0 saturated carbocycles. The number of nitrogens with one attached hydrogen (secondary N) is 1. The first-order valence-electron chi connectivity index (χ1n) is 6.57. The zero-order valence-electron chi connectivity index (χ0n) is 11.9. The number of likely N-dealkylation sites (N-methyl/N-ethyl adjacent to an activating group) is 1. The van der Waals surface area contributed by atoms with E-state index in [1.165, 1.54) is 4.31 Å². The highest BCUT2D eigenvalue weighted by atomic mass is 32.2. The molecule has 10 heteroatoms. The first-order valence-corrected chi connectivity index (χ1v) is 8.82. The van der Waals surface area contributed by atoms with Crippen molar-refractivity contribution in [2.24, 2.45) is 0 Å². The van der Waals surface area contributed by atoms with Crippen LogP contribution in [-0.2, 0) is 10.0 Å². The van der Waals surface area contributed by atoms with Crippen LogP contribution < -0.4 is 5.32 Å². The molecule has 1 aliphatic rings. The Bertz CT molecular complexity index is 620. The molecule has 1 aliphatic heterocycles. The lowest BCUT2D eigenvalue weighted by molar-refractivity contribution is -0.383. The Morgan fingerprint density at radius 3 is 2.52 bits per heavy atom. The lowest BCUT2D eigenvalue weighted by atomic mass is 10.4. The van der Waals surface area contributed by atoms with Crippen LogP contribution in [0.25, 0.3) is 0 Å². The van der Waals surface area contributed by atoms with Crippen molar-refractivity contribution in [3.63, 3.8) is 0 Å². The highest BCUT2D eigenvalue weighted by molar-refractivity contribution is 7.91. The second kappa shape index (κ2) is 6.26. The summed E-state index contributed by atoms with van der Waals surface area (Å²) >= 11 is 0.918. The van der Waals surface area contributed by atoms with E-state index in [4.69, 9.17) is 0 Å². The molecule has 21 heavy (non-hydrogen) atoms. The first kappa shape index (κ1) is 16.1. The van der Waals surface area contributed by atoms with Crippen molar-refractivity contribution in [2.45, 2.75) is 11.1 Å². The molecule has 0 spiro atoms. The maximum Gasteiger partial charge on any atom is 0.304 e. The normalized spacial score (nSPS) is 17.8. The zero-order valence-corrected chi connectivity index (χ0v) is 13.5. The summed E-state index contributed by atoms with van der Waals surface area (Å²) < 4.78 is 26.5. The molecule has 1 aromatic heterocycles. The van der Waals surface area contributed by atoms with E-state index in [2.05, 4.69) is 5.32 Å². The number of nitro groups is 1. The third kappa shape index (κ3) is 3.34. The molecular weight excluding hydrogens is 316 g/mol. The Labute approximate surface area is 127 Å². The summed E-state index contributed by atoms with van der Waals surface area (Å²) in [6.45, 7) is 4.43. The van der Waals surface area contributed by atoms with Gasteiger partial charge in [-0.25, -0.2) is 8.42 Å². The Kier molecular flexibility index (Phi) is 4.81. The summed E-state index contributed by atoms with van der Waals surface area (Å²) in [5.41, 5.74) is -0.186. The third-order valence-corrected chi connectivity index (χ3v) is 6.71. The van der Waals surface area contributed by atoms with Gasteiger partial charge in [0.05, 0.1) is 4.92 Å². The molecule has 0 bridgehead atoms. The summed E-state index contributed by atoms with van der Waals surface area (Å²) in [7, 11) is -1.72. The fourth-order valence-electron chi connectivity index (χ4n) is 2.07. The number of hydrogen-bond acceptors (Lipinski definition) is 7. The number of sulfonamides is 1. The molecule has 0 radical (unpaired) electrons. The fraction of sp³-hybridized carbons (Fsp3) is 0.636. The summed E-state index contributed by atoms with van der Waals surface area (Å²) in [5.74, 6) is 0. The standard InChI is InChI=1S/C11H18N4O4S2/c1-3-12-11-9(15(16)17)8-10(20-11)21(18,19)14-6-4-13(2)5-7-14/h8,12H,3-7H2,1-2H3. The molecule has 0 atom stereocenters. The molecule has 118 valence electrons. The van der Waals surface area contributed by atoms with Gasteiger partial charge in [-0.1, -0.05) is 11.3 Å². The van der Waals surface area contributed by atoms with Crippen LogP contribution in [-0.4, -0.2) is 62.3 Å². The predicted molar refractivity (Wildman–Crippen MR) is 81.4 cm³/mol. The second-order valence-corrected chi connectivity index (χ2v) is 7.99. The molecule has 2 rings (SSSR count). The highest BCUT2D eigenvalue weighted by Crippen LogP contribution is 2.38. The van der Waals surface area contributed by atoms with Gasteiger partial charge in [0.15, 0.2) is 5.00 Å². The lowest BCUT2D eigenvalue weighted by Crippen LogP contribution is -2.46. The molecule has 0 unspecified atom stereocenters. The van der Waals surface area contributed by atoms with Crippen molar-refractivity contribution in [1.29, 1.82) is 0 Å². The van der Waals surface area contributed by atoms with Gasteiger partial charge in [0.2, 0.25) is 0 Å². The number of thiophene rings is 1. The summed E-state index contributed by atoms with van der Waals surface area (Å²) in [6, 6.07) is 1.15. The van der Waals surface area contributed by atoms with E-state index in [0.717, 1.165) is 17.4 Å². The molecule has 1 aromatic rings. The van der Waals surface area contributed by atoms with Gasteiger partial charge in [-0.2, -0.15) is 4.31 Å². The average Bonchev–Trinajstić information content (AvgIpc) is 2.84. The van der Waals surface area contributed by atoms with Crippen LogP contribution in [0.4, 0.5) is 10.7 Å². The maximum atomic E-state index is 12.6. The van der Waals surface area contributed by atoms with Gasteiger partial charge >= 0.3 is 5.69 Å². The van der Waals surface area contributed by atoms with Crippen LogP contribution >= 0.6 is 11.3 Å². The van der Waals surface area contributed by atoms with Crippen molar-refractivity contribution in [3.8, 4) is 0 Å². The minimum absolute atomic E-state index is 0.0229. The van der Waals surface area contributed by atoms with Crippen molar-refractivity contribution < 1.29 is 13.3 Å². The Morgan fingerprint density at radius 1 is 1.38 bits per heavy atom. The zero-order chi connectivity index (χ0) is 15.6. The molecule has 1 saturated heterocycles. The van der Waals surface area contributed by atoms with E-state index in [1.807, 2.05) is 11.9 Å². The van der Waals surface area contributed by atoms with Gasteiger partial charge in [0.1, 0.15) is 4.21 Å². The molecular formula is C11H18N4O4S2. The van der Waals surface area contributed by atoms with E-state index < -0.39 is 14.9 Å². The number of hydrogen-bond donors (Lipinski definition) is 1. The molecule has 2 heterocycles. The summed E-state index contributed by atoms with van der Waals surface area (Å²) in [5, 5.41) is 14.1. The Hall–Kier alpha value is -1.23. The molecule has 1 N–H and O–H groups in total. The van der Waals surface area contributed by atoms with Gasteiger partial charge < -0.3 is 10.2 Å². The lowest BCUT2D eigenvalue weighted by Gasteiger charge is -2.31. The van der Waals surface area contributed by atoms with E-state index in [1.54, 1.807) is 6.92 Å². The topological polar surface area (TPSA) is 95.8 Å². The van der Waals surface area contributed by atoms with Gasteiger partial charge in [-0.15, -0.1) is 0 Å². The quantitative estimate of drug-likeness (QED) is 0.638. The number of piperazine rings is 1. The monoisotopic (exact) mass is 334 g/mol. The van der Waals surface area contributed by atoms with Crippen molar-refractivity contribution >= 4 is 32.0 Å². The minimum Gasteiger partial charge on any atom is -0.372 e. The van der Waals surface area contributed by atoms with Crippen LogP contribution in [0.3, 0.4) is 0 Å². The number of anilines is 1. The van der Waals surface area contributed by atoms with Gasteiger partial charge in [-0.3, -0.25) is 10.1 Å². The van der Waals surface area contributed by atoms with E-state index in [0.29, 0.717) is 32.7 Å². The maximum absolute atomic E-state index is 12.6. The van der Waals surface area contributed by atoms with Gasteiger partial charge in [0.25, 0.3) is 10.0 Å². The average molecular weight is 334 g/mol. The summed E-state index contributed by atoms with van der Waals surface area (Å²) in [4.78, 5) is 12.5. The molecule has 1 fully saturated rings. The van der Waals surface area contributed by atoms with Gasteiger partial charge in [-0.05, 0) is 14.0 Å². The largest absolute Gasteiger partial charge is 0.372 e. The minimum atomic E-state index is -3.66. The van der Waals surface area contributed by atoms with Crippen LogP contribution in [0, 0.1) is 10.1 Å². The third-order valence-electron chi connectivity index (χ3n) is 3.28. The highest BCUT2D eigenvalue weighted by Gasteiger charge is 2.32. The van der Waals surface area contributed by atoms with Crippen LogP contribution in [0.5, 0.6) is 0 Å². The fourth-order valence-corrected chi connectivity index (χ4v) is 5.04. The van der Waals surface area contributed by atoms with Crippen LogP contribution in [0.1, 0.15) is 6.92 Å². The SMILES string of the molecule is CCNc1sc(S(=O)(=O)N2CCN(C)CC2)cc1[N+](=O)[O-]. The van der Waals surface area contributed by atoms with E-state index in [9.17, 15) is 18.5 Å². The first-order chi connectivity index (χ1) is 9.86. The smallest absolute Gasteiger partial charge is 0.304 e. The predicted octanol–water partition coefficient (Wildman–Crippen LogP) is 1.02. The van der Waals surface area contributed by atoms with Gasteiger partial charge in [0, 0.05) is 38.8 Å². The van der Waals surface area contributed by atoms with E-state index in [-0.39, 0.29) is 14.9 Å². The second-order valence-electron chi connectivity index (χ2n) is 4.77. The Balaban J connectivity index is 2.32. The van der Waals surface area contributed by atoms with E-state index >= 15 is 0 Å². The van der Waals surface area contributed by atoms with Crippen molar-refractivity contribution in [2.75, 3.05) is 45.1 Å². The number of nitrogens with zero attached hydrogens (tertiary/aromatic N) is 3. The van der Waals surface area contributed by atoms with Crippen LogP contribution in [0.2, 0.25) is 0 Å². The van der Waals surface area contributed by atoms with Crippen molar-refractivity contribution in [3.05, 3.63) is 16.2 Å².